The third kappa shape index (κ3) is 3.56. The molecular formula is C44H32O. The molecule has 0 spiro atoms. The molecule has 45 heavy (non-hydrogen) atoms. The molecule has 0 fully saturated rings. The number of para-hydroxylation sites is 1. The average molecular weight is 577 g/mol. The Morgan fingerprint density at radius 2 is 1.09 bits per heavy atom. The molecule has 1 aliphatic carbocycles. The Morgan fingerprint density at radius 3 is 1.87 bits per heavy atom. The van der Waals surface area contributed by atoms with Gasteiger partial charge >= 0.3 is 0 Å². The van der Waals surface area contributed by atoms with Crippen molar-refractivity contribution in [2.45, 2.75) is 24.7 Å². The lowest BCUT2D eigenvalue weighted by atomic mass is 9.62. The van der Waals surface area contributed by atoms with Crippen molar-refractivity contribution in [3.8, 4) is 33.8 Å². The van der Waals surface area contributed by atoms with Gasteiger partial charge in [0, 0.05) is 16.5 Å². The highest BCUT2D eigenvalue weighted by Gasteiger charge is 2.47. The number of benzene rings is 7. The van der Waals surface area contributed by atoms with Crippen molar-refractivity contribution in [1.82, 2.24) is 0 Å². The minimum absolute atomic E-state index is 0.143. The van der Waals surface area contributed by atoms with E-state index in [2.05, 4.69) is 172 Å². The highest BCUT2D eigenvalue weighted by atomic mass is 16.5. The van der Waals surface area contributed by atoms with Crippen LogP contribution in [0.15, 0.2) is 158 Å². The Labute approximate surface area is 264 Å². The van der Waals surface area contributed by atoms with Crippen LogP contribution >= 0.6 is 0 Å². The van der Waals surface area contributed by atoms with Gasteiger partial charge in [-0.2, -0.15) is 0 Å². The van der Waals surface area contributed by atoms with E-state index in [0.29, 0.717) is 0 Å². The van der Waals surface area contributed by atoms with Crippen LogP contribution in [0.25, 0.3) is 33.0 Å². The molecule has 0 radical (unpaired) electrons. The highest BCUT2D eigenvalue weighted by Crippen LogP contribution is 2.58. The maximum atomic E-state index is 6.77. The fourth-order valence-corrected chi connectivity index (χ4v) is 8.27. The molecule has 1 heteroatoms. The van der Waals surface area contributed by atoms with E-state index in [9.17, 15) is 0 Å². The average Bonchev–Trinajstić information content (AvgIpc) is 3.33. The van der Waals surface area contributed by atoms with Gasteiger partial charge in [-0.15, -0.1) is 0 Å². The number of ether oxygens (including phenoxy) is 1. The number of hydrogen-bond donors (Lipinski definition) is 0. The fourth-order valence-electron chi connectivity index (χ4n) is 8.27. The smallest absolute Gasteiger partial charge is 0.132 e. The number of rotatable bonds is 3. The standard InChI is InChI=1S/C44H32O/c1-43(2)38-28-30(25-26-35(38)36-27-24-29-14-9-10-19-33(29)41(36)43)34-20-13-23-40-42(34)44(31-15-5-3-6-16-31,32-17-7-4-8-18-32)37-21-11-12-22-39(37)45-40/h3-28H,1-2H3. The summed E-state index contributed by atoms with van der Waals surface area (Å²) in [5, 5.41) is 2.63. The highest BCUT2D eigenvalue weighted by molar-refractivity contribution is 5.98. The maximum Gasteiger partial charge on any atom is 0.132 e. The van der Waals surface area contributed by atoms with Crippen LogP contribution in [0.4, 0.5) is 0 Å². The van der Waals surface area contributed by atoms with Gasteiger partial charge in [-0.25, -0.2) is 0 Å². The Balaban J connectivity index is 1.34. The van der Waals surface area contributed by atoms with Crippen LogP contribution in [-0.2, 0) is 10.8 Å². The minimum atomic E-state index is -0.572. The van der Waals surface area contributed by atoms with Crippen LogP contribution in [0.1, 0.15) is 47.2 Å². The molecule has 0 N–H and O–H groups in total. The van der Waals surface area contributed by atoms with Crippen LogP contribution in [-0.4, -0.2) is 0 Å². The monoisotopic (exact) mass is 576 g/mol. The van der Waals surface area contributed by atoms with Gasteiger partial charge in [-0.05, 0) is 73.5 Å². The summed E-state index contributed by atoms with van der Waals surface area (Å²) in [6, 6.07) is 57.5. The van der Waals surface area contributed by atoms with E-state index in [1.165, 1.54) is 60.8 Å². The molecule has 1 heterocycles. The van der Waals surface area contributed by atoms with Gasteiger partial charge in [0.15, 0.2) is 0 Å². The van der Waals surface area contributed by atoms with E-state index < -0.39 is 5.41 Å². The molecule has 7 aromatic rings. The lowest BCUT2D eigenvalue weighted by Gasteiger charge is -2.42. The van der Waals surface area contributed by atoms with Crippen LogP contribution in [0.3, 0.4) is 0 Å². The first-order valence-electron chi connectivity index (χ1n) is 15.8. The zero-order valence-corrected chi connectivity index (χ0v) is 25.4. The first-order chi connectivity index (χ1) is 22.1. The lowest BCUT2D eigenvalue weighted by molar-refractivity contribution is 0.435. The summed E-state index contributed by atoms with van der Waals surface area (Å²) in [7, 11) is 0. The Morgan fingerprint density at radius 1 is 0.444 bits per heavy atom. The van der Waals surface area contributed by atoms with Gasteiger partial charge in [0.25, 0.3) is 0 Å². The third-order valence-corrected chi connectivity index (χ3v) is 10.2. The second-order valence-electron chi connectivity index (χ2n) is 12.9. The van der Waals surface area contributed by atoms with Gasteiger partial charge in [-0.3, -0.25) is 0 Å². The second kappa shape index (κ2) is 9.55. The van der Waals surface area contributed by atoms with E-state index in [1.807, 2.05) is 0 Å². The van der Waals surface area contributed by atoms with E-state index in [0.717, 1.165) is 17.1 Å². The molecule has 0 bridgehead atoms. The Bertz CT molecular complexity index is 2220. The molecule has 1 aliphatic heterocycles. The summed E-state index contributed by atoms with van der Waals surface area (Å²) < 4.78 is 6.77. The van der Waals surface area contributed by atoms with Crippen LogP contribution in [0.5, 0.6) is 11.5 Å². The first-order valence-corrected chi connectivity index (χ1v) is 15.8. The van der Waals surface area contributed by atoms with Crippen molar-refractivity contribution in [2.24, 2.45) is 0 Å². The maximum absolute atomic E-state index is 6.77. The van der Waals surface area contributed by atoms with E-state index in [-0.39, 0.29) is 5.41 Å². The zero-order chi connectivity index (χ0) is 30.2. The summed E-state index contributed by atoms with van der Waals surface area (Å²) in [6.07, 6.45) is 0. The molecule has 2 aliphatic rings. The van der Waals surface area contributed by atoms with Crippen molar-refractivity contribution >= 4 is 10.8 Å². The molecule has 0 saturated carbocycles. The van der Waals surface area contributed by atoms with Crippen molar-refractivity contribution in [3.63, 3.8) is 0 Å². The van der Waals surface area contributed by atoms with E-state index in [4.69, 9.17) is 4.74 Å². The van der Waals surface area contributed by atoms with Crippen molar-refractivity contribution in [3.05, 3.63) is 191 Å². The molecule has 0 amide bonds. The quantitative estimate of drug-likeness (QED) is 0.203. The molecule has 1 nitrogen and oxygen atoms in total. The molecular weight excluding hydrogens is 544 g/mol. The fraction of sp³-hybridized carbons (Fsp3) is 0.0909. The van der Waals surface area contributed by atoms with Gasteiger partial charge in [0.05, 0.1) is 5.41 Å². The Kier molecular flexibility index (Phi) is 5.53. The van der Waals surface area contributed by atoms with E-state index >= 15 is 0 Å². The third-order valence-electron chi connectivity index (χ3n) is 10.2. The summed E-state index contributed by atoms with van der Waals surface area (Å²) in [5.41, 5.74) is 11.9. The lowest BCUT2D eigenvalue weighted by Crippen LogP contribution is -2.34. The second-order valence-corrected chi connectivity index (χ2v) is 12.9. The SMILES string of the molecule is CC1(C)c2cc(-c3cccc4c3C(c3ccccc3)(c3ccccc3)c3ccccc3O4)ccc2-c2ccc3ccccc3c21. The topological polar surface area (TPSA) is 9.23 Å². The summed E-state index contributed by atoms with van der Waals surface area (Å²) >= 11 is 0. The summed E-state index contributed by atoms with van der Waals surface area (Å²) in [5.74, 6) is 1.79. The van der Waals surface area contributed by atoms with Crippen molar-refractivity contribution < 1.29 is 4.74 Å². The van der Waals surface area contributed by atoms with Gasteiger partial charge < -0.3 is 4.74 Å². The van der Waals surface area contributed by atoms with E-state index in [1.54, 1.807) is 0 Å². The van der Waals surface area contributed by atoms with Crippen molar-refractivity contribution in [1.29, 1.82) is 0 Å². The predicted molar refractivity (Wildman–Crippen MR) is 185 cm³/mol. The Hall–Kier alpha value is -5.40. The summed E-state index contributed by atoms with van der Waals surface area (Å²) in [6.45, 7) is 4.76. The zero-order valence-electron chi connectivity index (χ0n) is 25.4. The van der Waals surface area contributed by atoms with Crippen LogP contribution in [0.2, 0.25) is 0 Å². The van der Waals surface area contributed by atoms with Gasteiger partial charge in [-0.1, -0.05) is 153 Å². The van der Waals surface area contributed by atoms with Crippen molar-refractivity contribution in [2.75, 3.05) is 0 Å². The largest absolute Gasteiger partial charge is 0.457 e. The summed E-state index contributed by atoms with van der Waals surface area (Å²) in [4.78, 5) is 0. The van der Waals surface area contributed by atoms with Gasteiger partial charge in [0.1, 0.15) is 11.5 Å². The number of hydrogen-bond acceptors (Lipinski definition) is 1. The van der Waals surface area contributed by atoms with Crippen LogP contribution in [0, 0.1) is 0 Å². The molecule has 7 aromatic carbocycles. The molecule has 0 atom stereocenters. The predicted octanol–water partition coefficient (Wildman–Crippen LogP) is 11.3. The first kappa shape index (κ1) is 26.0. The minimum Gasteiger partial charge on any atom is -0.457 e. The normalized spacial score (nSPS) is 15.0. The molecule has 0 unspecified atom stereocenters. The molecule has 214 valence electrons. The van der Waals surface area contributed by atoms with Crippen LogP contribution < -0.4 is 4.74 Å². The molecule has 0 aromatic heterocycles. The number of fused-ring (bicyclic) bond motifs is 7. The van der Waals surface area contributed by atoms with Gasteiger partial charge in [0.2, 0.25) is 0 Å². The molecule has 0 saturated heterocycles. The molecule has 9 rings (SSSR count).